The number of nitrogens with zero attached hydrogens (tertiary/aromatic N) is 2. The molecule has 0 radical (unpaired) electrons. The monoisotopic (exact) mass is 486 g/mol. The molecule has 1 saturated heterocycles. The Kier molecular flexibility index (Phi) is 8.49. The van der Waals surface area contributed by atoms with E-state index in [1.165, 1.54) is 0 Å². The molecule has 2 aromatic carbocycles. The van der Waals surface area contributed by atoms with E-state index in [1.54, 1.807) is 0 Å². The Labute approximate surface area is 193 Å². The predicted molar refractivity (Wildman–Crippen MR) is 129 cm³/mol. The van der Waals surface area contributed by atoms with Gasteiger partial charge in [0.1, 0.15) is 0 Å². The van der Waals surface area contributed by atoms with Gasteiger partial charge in [0.2, 0.25) is 0 Å². The van der Waals surface area contributed by atoms with Crippen molar-refractivity contribution in [2.24, 2.45) is 0 Å². The fourth-order valence-electron chi connectivity index (χ4n) is 3.80. The van der Waals surface area contributed by atoms with E-state index in [0.717, 1.165) is 49.1 Å². The third-order valence-electron chi connectivity index (χ3n) is 5.47. The highest BCUT2D eigenvalue weighted by Gasteiger charge is 2.24. The topological polar surface area (TPSA) is 64.7 Å². The van der Waals surface area contributed by atoms with Gasteiger partial charge in [-0.3, -0.25) is 9.59 Å². The van der Waals surface area contributed by atoms with Crippen LogP contribution in [0, 0.1) is 0 Å². The molecule has 6 nitrogen and oxygen atoms in total. The number of rotatable bonds is 8. The third-order valence-corrected chi connectivity index (χ3v) is 5.97. The summed E-state index contributed by atoms with van der Waals surface area (Å²) in [5, 5.41) is 6.18. The molecule has 2 amide bonds. The summed E-state index contributed by atoms with van der Waals surface area (Å²) in [4.78, 5) is 29.6. The summed E-state index contributed by atoms with van der Waals surface area (Å²) >= 11 is 3.41. The Morgan fingerprint density at radius 2 is 1.81 bits per heavy atom. The fraction of sp³-hybridized carbons (Fsp3) is 0.417. The van der Waals surface area contributed by atoms with Gasteiger partial charge in [-0.2, -0.15) is 0 Å². The molecular weight excluding hydrogens is 456 g/mol. The molecule has 1 heterocycles. The van der Waals surface area contributed by atoms with E-state index in [1.807, 2.05) is 62.6 Å². The van der Waals surface area contributed by atoms with Gasteiger partial charge in [0.05, 0.1) is 5.56 Å². The first-order chi connectivity index (χ1) is 14.9. The predicted octanol–water partition coefficient (Wildman–Crippen LogP) is 3.53. The second kappa shape index (κ2) is 11.3. The number of hydrogen-bond acceptors (Lipinski definition) is 4. The van der Waals surface area contributed by atoms with E-state index in [9.17, 15) is 9.59 Å². The van der Waals surface area contributed by atoms with Gasteiger partial charge in [-0.05, 0) is 70.2 Å². The molecule has 31 heavy (non-hydrogen) atoms. The standard InChI is InChI=1S/C24H31BrN4O2/c1-28(2)14-6-13-26-24(31)21-9-3-4-10-22(21)29-15-11-20(12-16-29)27-23(30)18-7-5-8-19(25)17-18/h3-5,7-10,17,20H,6,11-16H2,1-2H3,(H,26,31)(H,27,30). The van der Waals surface area contributed by atoms with Crippen LogP contribution >= 0.6 is 15.9 Å². The Morgan fingerprint density at radius 1 is 1.06 bits per heavy atom. The van der Waals surface area contributed by atoms with Crippen molar-refractivity contribution in [3.63, 3.8) is 0 Å². The van der Waals surface area contributed by atoms with Gasteiger partial charge in [0.15, 0.2) is 0 Å². The first kappa shape index (κ1) is 23.3. The second-order valence-corrected chi connectivity index (χ2v) is 9.09. The van der Waals surface area contributed by atoms with Crippen LogP contribution in [0.5, 0.6) is 0 Å². The quantitative estimate of drug-likeness (QED) is 0.560. The zero-order chi connectivity index (χ0) is 22.2. The Bertz CT molecular complexity index is 895. The van der Waals surface area contributed by atoms with Crippen LogP contribution in [0.2, 0.25) is 0 Å². The number of benzene rings is 2. The SMILES string of the molecule is CN(C)CCCNC(=O)c1ccccc1N1CCC(NC(=O)c2cccc(Br)c2)CC1. The maximum atomic E-state index is 12.7. The minimum atomic E-state index is -0.0442. The van der Waals surface area contributed by atoms with Crippen LogP contribution in [0.1, 0.15) is 40.0 Å². The van der Waals surface area contributed by atoms with E-state index in [0.29, 0.717) is 17.7 Å². The maximum Gasteiger partial charge on any atom is 0.253 e. The van der Waals surface area contributed by atoms with Gasteiger partial charge >= 0.3 is 0 Å². The van der Waals surface area contributed by atoms with Crippen molar-refractivity contribution >= 4 is 33.4 Å². The Hall–Kier alpha value is -2.38. The van der Waals surface area contributed by atoms with E-state index in [-0.39, 0.29) is 17.9 Å². The van der Waals surface area contributed by atoms with Gasteiger partial charge < -0.3 is 20.4 Å². The first-order valence-electron chi connectivity index (χ1n) is 10.8. The molecule has 0 aliphatic carbocycles. The van der Waals surface area contributed by atoms with Gasteiger partial charge in [-0.15, -0.1) is 0 Å². The first-order valence-corrected chi connectivity index (χ1v) is 11.6. The molecule has 0 atom stereocenters. The summed E-state index contributed by atoms with van der Waals surface area (Å²) in [5.74, 6) is -0.0725. The average Bonchev–Trinajstić information content (AvgIpc) is 2.77. The second-order valence-electron chi connectivity index (χ2n) is 8.18. The lowest BCUT2D eigenvalue weighted by atomic mass is 10.0. The highest BCUT2D eigenvalue weighted by atomic mass is 79.9. The molecule has 3 rings (SSSR count). The van der Waals surface area contributed by atoms with Crippen LogP contribution in [0.25, 0.3) is 0 Å². The number of carbonyl (C=O) groups excluding carboxylic acids is 2. The van der Waals surface area contributed by atoms with Crippen LogP contribution in [0.3, 0.4) is 0 Å². The van der Waals surface area contributed by atoms with Crippen LogP contribution < -0.4 is 15.5 Å². The van der Waals surface area contributed by atoms with E-state index in [4.69, 9.17) is 0 Å². The summed E-state index contributed by atoms with van der Waals surface area (Å²) in [5.41, 5.74) is 2.33. The average molecular weight is 487 g/mol. The Balaban J connectivity index is 1.55. The van der Waals surface area contributed by atoms with Crippen molar-refractivity contribution in [3.8, 4) is 0 Å². The van der Waals surface area contributed by atoms with Crippen molar-refractivity contribution < 1.29 is 9.59 Å². The molecule has 7 heteroatoms. The van der Waals surface area contributed by atoms with E-state index in [2.05, 4.69) is 36.4 Å². The van der Waals surface area contributed by atoms with Crippen molar-refractivity contribution in [2.45, 2.75) is 25.3 Å². The lowest BCUT2D eigenvalue weighted by Crippen LogP contribution is -2.45. The molecule has 1 aliphatic rings. The molecule has 2 N–H and O–H groups in total. The lowest BCUT2D eigenvalue weighted by Gasteiger charge is -2.35. The smallest absolute Gasteiger partial charge is 0.253 e. The molecule has 2 aromatic rings. The van der Waals surface area contributed by atoms with Gasteiger partial charge in [0.25, 0.3) is 11.8 Å². The van der Waals surface area contributed by atoms with Crippen molar-refractivity contribution in [2.75, 3.05) is 45.2 Å². The van der Waals surface area contributed by atoms with Gasteiger partial charge in [-0.1, -0.05) is 34.1 Å². The number of carbonyl (C=O) groups is 2. The number of nitrogens with one attached hydrogen (secondary N) is 2. The molecular formula is C24H31BrN4O2. The largest absolute Gasteiger partial charge is 0.371 e. The zero-order valence-corrected chi connectivity index (χ0v) is 19.8. The van der Waals surface area contributed by atoms with Crippen molar-refractivity contribution in [3.05, 3.63) is 64.1 Å². The molecule has 0 unspecified atom stereocenters. The maximum absolute atomic E-state index is 12.7. The van der Waals surface area contributed by atoms with Crippen molar-refractivity contribution in [1.29, 1.82) is 0 Å². The van der Waals surface area contributed by atoms with Gasteiger partial charge in [-0.25, -0.2) is 0 Å². The molecule has 0 aromatic heterocycles. The van der Waals surface area contributed by atoms with Gasteiger partial charge in [0, 0.05) is 41.4 Å². The van der Waals surface area contributed by atoms with Crippen LogP contribution in [-0.4, -0.2) is 63.0 Å². The van der Waals surface area contributed by atoms with Crippen LogP contribution in [0.4, 0.5) is 5.69 Å². The van der Waals surface area contributed by atoms with Crippen LogP contribution in [-0.2, 0) is 0 Å². The van der Waals surface area contributed by atoms with Crippen molar-refractivity contribution in [1.82, 2.24) is 15.5 Å². The number of piperidine rings is 1. The number of hydrogen-bond donors (Lipinski definition) is 2. The molecule has 0 bridgehead atoms. The molecule has 166 valence electrons. The number of halogens is 1. The van der Waals surface area contributed by atoms with Crippen LogP contribution in [0.15, 0.2) is 53.0 Å². The minimum absolute atomic E-state index is 0.0283. The summed E-state index contributed by atoms with van der Waals surface area (Å²) in [6.07, 6.45) is 2.61. The summed E-state index contributed by atoms with van der Waals surface area (Å²) in [6, 6.07) is 15.3. The normalized spacial score (nSPS) is 14.5. The van der Waals surface area contributed by atoms with E-state index >= 15 is 0 Å². The molecule has 1 aliphatic heterocycles. The highest BCUT2D eigenvalue weighted by molar-refractivity contribution is 9.10. The van der Waals surface area contributed by atoms with E-state index < -0.39 is 0 Å². The number of amides is 2. The lowest BCUT2D eigenvalue weighted by molar-refractivity contribution is 0.0929. The molecule has 0 spiro atoms. The summed E-state index contributed by atoms with van der Waals surface area (Å²) in [6.45, 7) is 3.21. The number of para-hydroxylation sites is 1. The minimum Gasteiger partial charge on any atom is -0.371 e. The highest BCUT2D eigenvalue weighted by Crippen LogP contribution is 2.24. The third kappa shape index (κ3) is 6.80. The zero-order valence-electron chi connectivity index (χ0n) is 18.2. The summed E-state index contributed by atoms with van der Waals surface area (Å²) in [7, 11) is 4.06. The summed E-state index contributed by atoms with van der Waals surface area (Å²) < 4.78 is 0.895. The fourth-order valence-corrected chi connectivity index (χ4v) is 4.20. The molecule has 0 saturated carbocycles. The molecule has 1 fully saturated rings. The number of anilines is 1. The Morgan fingerprint density at radius 3 is 2.52 bits per heavy atom.